The molecule has 0 aromatic carbocycles. The second-order valence-electron chi connectivity index (χ2n) is 3.58. The Labute approximate surface area is 71.6 Å². The smallest absolute Gasteiger partial charge is 0.212 e. The van der Waals surface area contributed by atoms with E-state index in [4.69, 9.17) is 0 Å². The SMILES string of the molecule is CC(C)(C)n1ccc(NC=O)n1. The summed E-state index contributed by atoms with van der Waals surface area (Å²) < 4.78 is 1.80. The van der Waals surface area contributed by atoms with E-state index in [0.717, 1.165) is 0 Å². The molecule has 0 saturated carbocycles. The van der Waals surface area contributed by atoms with Crippen molar-refractivity contribution in [3.05, 3.63) is 12.3 Å². The van der Waals surface area contributed by atoms with Crippen molar-refractivity contribution in [3.63, 3.8) is 0 Å². The van der Waals surface area contributed by atoms with Crippen LogP contribution in [-0.4, -0.2) is 16.2 Å². The van der Waals surface area contributed by atoms with Crippen LogP contribution in [0.1, 0.15) is 20.8 Å². The lowest BCUT2D eigenvalue weighted by atomic mass is 10.1. The van der Waals surface area contributed by atoms with Gasteiger partial charge in [0.25, 0.3) is 0 Å². The van der Waals surface area contributed by atoms with Gasteiger partial charge in [-0.25, -0.2) is 0 Å². The molecule has 66 valence electrons. The molecule has 0 spiro atoms. The van der Waals surface area contributed by atoms with E-state index in [9.17, 15) is 4.79 Å². The van der Waals surface area contributed by atoms with Crippen molar-refractivity contribution in [2.45, 2.75) is 26.3 Å². The first kappa shape index (κ1) is 8.77. The zero-order valence-electron chi connectivity index (χ0n) is 7.53. The van der Waals surface area contributed by atoms with Crippen LogP contribution >= 0.6 is 0 Å². The zero-order valence-corrected chi connectivity index (χ0v) is 7.53. The van der Waals surface area contributed by atoms with Gasteiger partial charge in [0.15, 0.2) is 5.82 Å². The maximum atomic E-state index is 10.1. The number of nitrogens with one attached hydrogen (secondary N) is 1. The number of anilines is 1. The molecular weight excluding hydrogens is 154 g/mol. The minimum atomic E-state index is -0.0389. The molecule has 0 saturated heterocycles. The van der Waals surface area contributed by atoms with Crippen LogP contribution in [0.4, 0.5) is 5.82 Å². The van der Waals surface area contributed by atoms with E-state index in [1.165, 1.54) is 0 Å². The molecule has 1 N–H and O–H groups in total. The van der Waals surface area contributed by atoms with Gasteiger partial charge in [-0.15, -0.1) is 0 Å². The van der Waals surface area contributed by atoms with Gasteiger partial charge in [0.2, 0.25) is 6.41 Å². The zero-order chi connectivity index (χ0) is 9.19. The number of carbonyl (C=O) groups excluding carboxylic acids is 1. The fraction of sp³-hybridized carbons (Fsp3) is 0.500. The number of carbonyl (C=O) groups is 1. The Hall–Kier alpha value is -1.32. The summed E-state index contributed by atoms with van der Waals surface area (Å²) in [5.41, 5.74) is -0.0389. The van der Waals surface area contributed by atoms with Gasteiger partial charge in [-0.1, -0.05) is 0 Å². The summed E-state index contributed by atoms with van der Waals surface area (Å²) in [7, 11) is 0. The summed E-state index contributed by atoms with van der Waals surface area (Å²) in [5.74, 6) is 0.583. The fourth-order valence-electron chi connectivity index (χ4n) is 0.835. The summed E-state index contributed by atoms with van der Waals surface area (Å²) >= 11 is 0. The number of nitrogens with zero attached hydrogens (tertiary/aromatic N) is 2. The average Bonchev–Trinajstić information content (AvgIpc) is 2.35. The van der Waals surface area contributed by atoms with Gasteiger partial charge in [0, 0.05) is 12.3 Å². The molecule has 4 nitrogen and oxygen atoms in total. The Kier molecular flexibility index (Phi) is 2.17. The van der Waals surface area contributed by atoms with Gasteiger partial charge in [-0.2, -0.15) is 5.10 Å². The molecule has 1 aromatic heterocycles. The normalized spacial score (nSPS) is 11.2. The van der Waals surface area contributed by atoms with E-state index >= 15 is 0 Å². The van der Waals surface area contributed by atoms with E-state index in [-0.39, 0.29) is 5.54 Å². The molecule has 1 amide bonds. The van der Waals surface area contributed by atoms with Crippen LogP contribution < -0.4 is 5.32 Å². The third-order valence-corrected chi connectivity index (χ3v) is 1.48. The van der Waals surface area contributed by atoms with Crippen LogP contribution in [0.25, 0.3) is 0 Å². The Morgan fingerprint density at radius 2 is 2.25 bits per heavy atom. The Morgan fingerprint density at radius 1 is 1.58 bits per heavy atom. The molecule has 0 unspecified atom stereocenters. The molecule has 0 bridgehead atoms. The third-order valence-electron chi connectivity index (χ3n) is 1.48. The molecule has 1 rings (SSSR count). The van der Waals surface area contributed by atoms with Gasteiger partial charge in [0.1, 0.15) is 0 Å². The Morgan fingerprint density at radius 3 is 2.67 bits per heavy atom. The Bertz CT molecular complexity index is 272. The van der Waals surface area contributed by atoms with Gasteiger partial charge >= 0.3 is 0 Å². The highest BCUT2D eigenvalue weighted by atomic mass is 16.1. The molecule has 0 atom stereocenters. The summed E-state index contributed by atoms with van der Waals surface area (Å²) in [4.78, 5) is 10.1. The highest BCUT2D eigenvalue weighted by Crippen LogP contribution is 2.13. The monoisotopic (exact) mass is 167 g/mol. The predicted octanol–water partition coefficient (Wildman–Crippen LogP) is 1.21. The van der Waals surface area contributed by atoms with Crippen LogP contribution in [0.5, 0.6) is 0 Å². The first-order chi connectivity index (χ1) is 5.54. The first-order valence-corrected chi connectivity index (χ1v) is 3.80. The fourth-order valence-corrected chi connectivity index (χ4v) is 0.835. The first-order valence-electron chi connectivity index (χ1n) is 3.80. The lowest BCUT2D eigenvalue weighted by Gasteiger charge is -2.18. The summed E-state index contributed by atoms with van der Waals surface area (Å²) in [6.07, 6.45) is 2.46. The molecule has 0 aliphatic carbocycles. The number of amides is 1. The topological polar surface area (TPSA) is 46.9 Å². The predicted molar refractivity (Wildman–Crippen MR) is 46.9 cm³/mol. The maximum absolute atomic E-state index is 10.1. The average molecular weight is 167 g/mol. The van der Waals surface area contributed by atoms with Crippen LogP contribution in [-0.2, 0) is 10.3 Å². The summed E-state index contributed by atoms with van der Waals surface area (Å²) in [6, 6.07) is 1.76. The molecule has 0 aliphatic rings. The number of hydrogen-bond acceptors (Lipinski definition) is 2. The molecule has 0 radical (unpaired) electrons. The van der Waals surface area contributed by atoms with Crippen molar-refractivity contribution in [2.24, 2.45) is 0 Å². The maximum Gasteiger partial charge on any atom is 0.212 e. The minimum absolute atomic E-state index is 0.0389. The lowest BCUT2D eigenvalue weighted by molar-refractivity contribution is -0.105. The van der Waals surface area contributed by atoms with Crippen molar-refractivity contribution in [3.8, 4) is 0 Å². The van der Waals surface area contributed by atoms with Crippen molar-refractivity contribution in [1.82, 2.24) is 9.78 Å². The molecule has 1 heterocycles. The second kappa shape index (κ2) is 2.97. The molecule has 1 aromatic rings. The highest BCUT2D eigenvalue weighted by molar-refractivity contribution is 5.68. The van der Waals surface area contributed by atoms with Crippen molar-refractivity contribution in [2.75, 3.05) is 5.32 Å². The van der Waals surface area contributed by atoms with E-state index in [1.54, 1.807) is 10.7 Å². The Balaban J connectivity index is 2.84. The second-order valence-corrected chi connectivity index (χ2v) is 3.58. The quantitative estimate of drug-likeness (QED) is 0.673. The number of hydrogen-bond donors (Lipinski definition) is 1. The van der Waals surface area contributed by atoms with Gasteiger partial charge in [-0.05, 0) is 20.8 Å². The number of rotatable bonds is 2. The summed E-state index contributed by atoms with van der Waals surface area (Å²) in [6.45, 7) is 6.14. The highest BCUT2D eigenvalue weighted by Gasteiger charge is 2.13. The van der Waals surface area contributed by atoms with Crippen LogP contribution in [0.15, 0.2) is 12.3 Å². The van der Waals surface area contributed by atoms with Crippen molar-refractivity contribution in [1.29, 1.82) is 0 Å². The van der Waals surface area contributed by atoms with Gasteiger partial charge < -0.3 is 5.32 Å². The molecule has 12 heavy (non-hydrogen) atoms. The molecule has 0 fully saturated rings. The van der Waals surface area contributed by atoms with Gasteiger partial charge in [-0.3, -0.25) is 9.48 Å². The van der Waals surface area contributed by atoms with E-state index in [1.807, 2.05) is 27.0 Å². The minimum Gasteiger partial charge on any atom is -0.312 e. The van der Waals surface area contributed by atoms with E-state index in [2.05, 4.69) is 10.4 Å². The van der Waals surface area contributed by atoms with Crippen molar-refractivity contribution >= 4 is 12.2 Å². The van der Waals surface area contributed by atoms with E-state index in [0.29, 0.717) is 12.2 Å². The third kappa shape index (κ3) is 1.84. The number of aromatic nitrogens is 2. The molecule has 0 aliphatic heterocycles. The van der Waals surface area contributed by atoms with Crippen LogP contribution in [0.3, 0.4) is 0 Å². The van der Waals surface area contributed by atoms with Crippen molar-refractivity contribution < 1.29 is 4.79 Å². The lowest BCUT2D eigenvalue weighted by Crippen LogP contribution is -2.22. The molecular formula is C8H13N3O. The largest absolute Gasteiger partial charge is 0.312 e. The van der Waals surface area contributed by atoms with E-state index < -0.39 is 0 Å². The standard InChI is InChI=1S/C8H13N3O/c1-8(2,3)11-5-4-7(10-11)9-6-12/h4-6H,1-3H3,(H,9,10,12). The summed E-state index contributed by atoms with van der Waals surface area (Å²) in [5, 5.41) is 6.63. The molecule has 4 heteroatoms. The van der Waals surface area contributed by atoms with Crippen LogP contribution in [0, 0.1) is 0 Å². The van der Waals surface area contributed by atoms with Crippen LogP contribution in [0.2, 0.25) is 0 Å². The van der Waals surface area contributed by atoms with Gasteiger partial charge in [0.05, 0.1) is 5.54 Å².